The van der Waals surface area contributed by atoms with E-state index in [0.717, 1.165) is 81.6 Å². The standard InChI is InChI=1S/C33H43N11O4/c1-24(21-43-23-37-40-41-43)48-31-17-25(5-6-26(31)18-34)27-19-35-33(36-20-27)38-30-22-44(39-32(30)47-14-4-3-13-45-2)29-9-7-28(8-10-29)42-11-15-46-16-12-42/h5-6,17,19-20,22-24,28-29H,3-4,7-16,21H2,1-2H3,(H,35,36,38)/t24-,28?,29?/m0/s1. The molecule has 4 heterocycles. The van der Waals surface area contributed by atoms with E-state index in [1.165, 1.54) is 6.33 Å². The monoisotopic (exact) mass is 657 g/mol. The molecule has 2 fully saturated rings. The van der Waals surface area contributed by atoms with Crippen molar-refractivity contribution in [2.24, 2.45) is 0 Å². The second-order valence-corrected chi connectivity index (χ2v) is 12.2. The highest BCUT2D eigenvalue weighted by Crippen LogP contribution is 2.35. The lowest BCUT2D eigenvalue weighted by atomic mass is 9.90. The third-order valence-electron chi connectivity index (χ3n) is 8.78. The molecule has 0 amide bonds. The van der Waals surface area contributed by atoms with E-state index in [1.54, 1.807) is 30.3 Å². The number of methoxy groups -OCH3 is 1. The highest BCUT2D eigenvalue weighted by Gasteiger charge is 2.29. The van der Waals surface area contributed by atoms with Gasteiger partial charge >= 0.3 is 0 Å². The van der Waals surface area contributed by atoms with Crippen LogP contribution in [0.4, 0.5) is 11.6 Å². The van der Waals surface area contributed by atoms with E-state index in [-0.39, 0.29) is 6.10 Å². The number of nitrogens with one attached hydrogen (secondary N) is 1. The molecule has 0 bridgehead atoms. The summed E-state index contributed by atoms with van der Waals surface area (Å²) >= 11 is 0. The minimum Gasteiger partial charge on any atom is -0.487 e. The summed E-state index contributed by atoms with van der Waals surface area (Å²) in [5, 5.41) is 29.1. The van der Waals surface area contributed by atoms with Gasteiger partial charge in [-0.3, -0.25) is 9.58 Å². The van der Waals surface area contributed by atoms with E-state index < -0.39 is 0 Å². The molecule has 2 aliphatic rings. The highest BCUT2D eigenvalue weighted by molar-refractivity contribution is 5.67. The molecule has 0 spiro atoms. The SMILES string of the molecule is COCCCCOc1nn(C2CCC(N3CCOCC3)CC2)cc1Nc1ncc(-c2ccc(C#N)c(O[C@@H](C)Cn3cnnn3)c2)cn1. The van der Waals surface area contributed by atoms with Crippen LogP contribution < -0.4 is 14.8 Å². The predicted molar refractivity (Wildman–Crippen MR) is 176 cm³/mol. The van der Waals surface area contributed by atoms with Gasteiger partial charge in [0.25, 0.3) is 5.88 Å². The molecule has 1 atom stereocenters. The molecule has 3 aromatic heterocycles. The Balaban J connectivity index is 1.13. The summed E-state index contributed by atoms with van der Waals surface area (Å²) in [6.45, 7) is 7.27. The molecule has 1 N–H and O–H groups in total. The third-order valence-corrected chi connectivity index (χ3v) is 8.78. The Morgan fingerprint density at radius 1 is 1.04 bits per heavy atom. The number of nitriles is 1. The number of hydrogen-bond donors (Lipinski definition) is 1. The summed E-state index contributed by atoms with van der Waals surface area (Å²) in [7, 11) is 1.71. The van der Waals surface area contributed by atoms with Crippen molar-refractivity contribution < 1.29 is 18.9 Å². The van der Waals surface area contributed by atoms with Crippen LogP contribution in [0.1, 0.15) is 57.1 Å². The zero-order valence-electron chi connectivity index (χ0n) is 27.6. The van der Waals surface area contributed by atoms with Crippen LogP contribution in [0.25, 0.3) is 11.1 Å². The summed E-state index contributed by atoms with van der Waals surface area (Å²) in [5.74, 6) is 1.44. The van der Waals surface area contributed by atoms with Crippen LogP contribution in [0.5, 0.6) is 11.6 Å². The minimum absolute atomic E-state index is 0.268. The number of aromatic nitrogens is 8. The molecule has 15 heteroatoms. The quantitative estimate of drug-likeness (QED) is 0.183. The molecule has 0 unspecified atom stereocenters. The lowest BCUT2D eigenvalue weighted by Crippen LogP contribution is -2.45. The van der Waals surface area contributed by atoms with Crippen LogP contribution in [-0.4, -0.2) is 104 Å². The second kappa shape index (κ2) is 16.4. The molecule has 0 radical (unpaired) electrons. The number of ether oxygens (including phenoxy) is 4. The fourth-order valence-corrected chi connectivity index (χ4v) is 6.24. The number of hydrogen-bond acceptors (Lipinski definition) is 13. The average molecular weight is 658 g/mol. The van der Waals surface area contributed by atoms with E-state index in [1.807, 2.05) is 25.3 Å². The summed E-state index contributed by atoms with van der Waals surface area (Å²) in [5.41, 5.74) is 2.77. The number of benzene rings is 1. The second-order valence-electron chi connectivity index (χ2n) is 12.2. The lowest BCUT2D eigenvalue weighted by Gasteiger charge is -2.38. The summed E-state index contributed by atoms with van der Waals surface area (Å²) in [4.78, 5) is 11.8. The van der Waals surface area contributed by atoms with Crippen LogP contribution >= 0.6 is 0 Å². The molecular formula is C33H43N11O4. The van der Waals surface area contributed by atoms with Crippen molar-refractivity contribution in [1.29, 1.82) is 5.26 Å². The first-order valence-electron chi connectivity index (χ1n) is 16.6. The number of nitrogens with zero attached hydrogens (tertiary/aromatic N) is 10. The van der Waals surface area contributed by atoms with E-state index in [0.29, 0.717) is 55.0 Å². The fourth-order valence-electron chi connectivity index (χ4n) is 6.24. The maximum atomic E-state index is 9.66. The zero-order valence-corrected chi connectivity index (χ0v) is 27.6. The topological polar surface area (TPSA) is 163 Å². The molecule has 1 aliphatic heterocycles. The summed E-state index contributed by atoms with van der Waals surface area (Å²) in [6.07, 6.45) is 13.0. The van der Waals surface area contributed by atoms with Crippen molar-refractivity contribution >= 4 is 11.6 Å². The maximum Gasteiger partial charge on any atom is 0.256 e. The highest BCUT2D eigenvalue weighted by atomic mass is 16.5. The average Bonchev–Trinajstić information content (AvgIpc) is 3.79. The van der Waals surface area contributed by atoms with Crippen LogP contribution in [0.15, 0.2) is 43.1 Å². The molecule has 1 aromatic carbocycles. The first-order chi connectivity index (χ1) is 23.6. The van der Waals surface area contributed by atoms with Gasteiger partial charge in [0, 0.05) is 50.8 Å². The maximum absolute atomic E-state index is 9.66. The van der Waals surface area contributed by atoms with Gasteiger partial charge in [-0.2, -0.15) is 5.26 Å². The molecule has 1 saturated carbocycles. The van der Waals surface area contributed by atoms with Gasteiger partial charge in [-0.25, -0.2) is 14.6 Å². The van der Waals surface area contributed by atoms with E-state index in [4.69, 9.17) is 24.0 Å². The van der Waals surface area contributed by atoms with Crippen LogP contribution in [-0.2, 0) is 16.0 Å². The van der Waals surface area contributed by atoms with Crippen LogP contribution in [0.2, 0.25) is 0 Å². The minimum atomic E-state index is -0.268. The van der Waals surface area contributed by atoms with Gasteiger partial charge in [0.05, 0.1) is 44.2 Å². The van der Waals surface area contributed by atoms with Crippen molar-refractivity contribution in [3.63, 3.8) is 0 Å². The molecule has 1 aliphatic carbocycles. The van der Waals surface area contributed by atoms with Gasteiger partial charge in [0.15, 0.2) is 0 Å². The van der Waals surface area contributed by atoms with Crippen molar-refractivity contribution in [2.45, 2.75) is 70.2 Å². The predicted octanol–water partition coefficient (Wildman–Crippen LogP) is 4.03. The van der Waals surface area contributed by atoms with Crippen molar-refractivity contribution in [1.82, 2.24) is 44.9 Å². The van der Waals surface area contributed by atoms with Crippen molar-refractivity contribution in [3.05, 3.63) is 48.7 Å². The van der Waals surface area contributed by atoms with Gasteiger partial charge in [0.2, 0.25) is 5.95 Å². The van der Waals surface area contributed by atoms with Crippen LogP contribution in [0, 0.1) is 11.3 Å². The largest absolute Gasteiger partial charge is 0.487 e. The molecule has 48 heavy (non-hydrogen) atoms. The van der Waals surface area contributed by atoms with E-state index in [9.17, 15) is 5.26 Å². The molecule has 4 aromatic rings. The number of rotatable bonds is 15. The Kier molecular flexibility index (Phi) is 11.4. The first kappa shape index (κ1) is 33.3. The van der Waals surface area contributed by atoms with Gasteiger partial charge in [-0.05, 0) is 73.6 Å². The normalized spacial score (nSPS) is 19.0. The van der Waals surface area contributed by atoms with Crippen LogP contribution in [0.3, 0.4) is 0 Å². The Labute approximate surface area is 280 Å². The van der Waals surface area contributed by atoms with Crippen molar-refractivity contribution in [3.8, 4) is 28.8 Å². The molecule has 254 valence electrons. The smallest absolute Gasteiger partial charge is 0.256 e. The third kappa shape index (κ3) is 8.62. The molecular weight excluding hydrogens is 614 g/mol. The Bertz CT molecular complexity index is 1610. The lowest BCUT2D eigenvalue weighted by molar-refractivity contribution is 0.00503. The molecule has 15 nitrogen and oxygen atoms in total. The van der Waals surface area contributed by atoms with Gasteiger partial charge in [-0.15, -0.1) is 10.2 Å². The Hall–Kier alpha value is -4.65. The van der Waals surface area contributed by atoms with Gasteiger partial charge in [0.1, 0.15) is 29.9 Å². The molecule has 1 saturated heterocycles. The van der Waals surface area contributed by atoms with Gasteiger partial charge in [-0.1, -0.05) is 6.07 Å². The summed E-state index contributed by atoms with van der Waals surface area (Å²) < 4.78 is 26.6. The first-order valence-corrected chi connectivity index (χ1v) is 16.6. The van der Waals surface area contributed by atoms with E-state index >= 15 is 0 Å². The fraction of sp³-hybridized carbons (Fsp3) is 0.545. The Morgan fingerprint density at radius 2 is 1.81 bits per heavy atom. The number of tetrazole rings is 1. The van der Waals surface area contributed by atoms with Gasteiger partial charge < -0.3 is 24.3 Å². The van der Waals surface area contributed by atoms with Crippen molar-refractivity contribution in [2.75, 3.05) is 51.9 Å². The number of unbranched alkanes of at least 4 members (excludes halogenated alkanes) is 1. The number of morpholine rings is 1. The molecule has 6 rings (SSSR count). The number of anilines is 2. The Morgan fingerprint density at radius 3 is 2.54 bits per heavy atom. The summed E-state index contributed by atoms with van der Waals surface area (Å²) in [6, 6.07) is 8.54. The van der Waals surface area contributed by atoms with E-state index in [2.05, 4.69) is 46.5 Å². The zero-order chi connectivity index (χ0) is 33.1.